The van der Waals surface area contributed by atoms with Crippen LogP contribution in [0.2, 0.25) is 0 Å². The highest BCUT2D eigenvalue weighted by molar-refractivity contribution is 7.12. The van der Waals surface area contributed by atoms with Gasteiger partial charge in [-0.2, -0.15) is 0 Å². The highest BCUT2D eigenvalue weighted by atomic mass is 32.1. The number of morpholine rings is 1. The monoisotopic (exact) mass is 211 g/mol. The molecule has 0 saturated carbocycles. The molecule has 3 nitrogen and oxygen atoms in total. The summed E-state index contributed by atoms with van der Waals surface area (Å²) >= 11 is 1.52. The normalized spacial score (nSPS) is 17.1. The van der Waals surface area contributed by atoms with Gasteiger partial charge in [0.05, 0.1) is 18.1 Å². The Bertz CT molecular complexity index is 329. The highest BCUT2D eigenvalue weighted by Gasteiger charge is 2.19. The Morgan fingerprint density at radius 1 is 1.50 bits per heavy atom. The summed E-state index contributed by atoms with van der Waals surface area (Å²) in [6, 6.07) is 1.95. The third-order valence-corrected chi connectivity index (χ3v) is 3.28. The zero-order valence-electron chi connectivity index (χ0n) is 8.16. The van der Waals surface area contributed by atoms with E-state index in [-0.39, 0.29) is 5.91 Å². The van der Waals surface area contributed by atoms with Crippen LogP contribution in [0, 0.1) is 6.92 Å². The molecule has 1 aromatic rings. The predicted molar refractivity (Wildman–Crippen MR) is 55.8 cm³/mol. The van der Waals surface area contributed by atoms with Crippen LogP contribution < -0.4 is 0 Å². The predicted octanol–water partition coefficient (Wildman–Crippen LogP) is 1.53. The zero-order valence-corrected chi connectivity index (χ0v) is 8.97. The van der Waals surface area contributed by atoms with Crippen molar-refractivity contribution in [3.05, 3.63) is 21.9 Å². The quantitative estimate of drug-likeness (QED) is 0.705. The van der Waals surface area contributed by atoms with Crippen molar-refractivity contribution in [2.45, 2.75) is 6.92 Å². The summed E-state index contributed by atoms with van der Waals surface area (Å²) in [4.78, 5) is 14.6. The van der Waals surface area contributed by atoms with Crippen LogP contribution in [0.3, 0.4) is 0 Å². The topological polar surface area (TPSA) is 29.5 Å². The van der Waals surface area contributed by atoms with E-state index >= 15 is 0 Å². The van der Waals surface area contributed by atoms with Crippen molar-refractivity contribution in [2.24, 2.45) is 0 Å². The highest BCUT2D eigenvalue weighted by Crippen LogP contribution is 2.16. The Morgan fingerprint density at radius 2 is 2.21 bits per heavy atom. The Hall–Kier alpha value is -0.870. The van der Waals surface area contributed by atoms with E-state index in [4.69, 9.17) is 4.74 Å². The van der Waals surface area contributed by atoms with Gasteiger partial charge >= 0.3 is 0 Å². The Labute approximate surface area is 87.3 Å². The van der Waals surface area contributed by atoms with Gasteiger partial charge in [-0.3, -0.25) is 4.79 Å². The molecule has 0 aliphatic carbocycles. The molecule has 0 unspecified atom stereocenters. The number of carbonyl (C=O) groups is 1. The second kappa shape index (κ2) is 4.11. The van der Waals surface area contributed by atoms with Gasteiger partial charge in [-0.15, -0.1) is 11.3 Å². The lowest BCUT2D eigenvalue weighted by molar-refractivity contribution is 0.0306. The van der Waals surface area contributed by atoms with Gasteiger partial charge in [-0.25, -0.2) is 0 Å². The van der Waals surface area contributed by atoms with E-state index in [1.807, 2.05) is 23.3 Å². The van der Waals surface area contributed by atoms with Gasteiger partial charge in [0.2, 0.25) is 0 Å². The number of ether oxygens (including phenoxy) is 1. The summed E-state index contributed by atoms with van der Waals surface area (Å²) in [5.74, 6) is 0.145. The van der Waals surface area contributed by atoms with E-state index in [1.54, 1.807) is 0 Å². The van der Waals surface area contributed by atoms with Crippen LogP contribution in [0.5, 0.6) is 0 Å². The van der Waals surface area contributed by atoms with Crippen LogP contribution in [0.15, 0.2) is 11.4 Å². The Morgan fingerprint density at radius 3 is 2.79 bits per heavy atom. The number of hydrogen-bond acceptors (Lipinski definition) is 3. The van der Waals surface area contributed by atoms with Crippen LogP contribution in [-0.2, 0) is 4.74 Å². The van der Waals surface area contributed by atoms with E-state index in [1.165, 1.54) is 11.3 Å². The van der Waals surface area contributed by atoms with Crippen molar-refractivity contribution < 1.29 is 9.53 Å². The van der Waals surface area contributed by atoms with Crippen LogP contribution >= 0.6 is 11.3 Å². The SMILES string of the molecule is Cc1csc(C(=O)N2CCOCC2)c1. The van der Waals surface area contributed by atoms with E-state index < -0.39 is 0 Å². The number of rotatable bonds is 1. The van der Waals surface area contributed by atoms with Gasteiger partial charge in [-0.1, -0.05) is 0 Å². The molecule has 2 rings (SSSR count). The van der Waals surface area contributed by atoms with Crippen LogP contribution in [0.1, 0.15) is 15.2 Å². The van der Waals surface area contributed by atoms with Crippen LogP contribution in [0.4, 0.5) is 0 Å². The van der Waals surface area contributed by atoms with Crippen molar-refractivity contribution in [3.8, 4) is 0 Å². The lowest BCUT2D eigenvalue weighted by atomic mass is 10.3. The molecular weight excluding hydrogens is 198 g/mol. The summed E-state index contributed by atoms with van der Waals surface area (Å²) in [6.45, 7) is 4.77. The number of aryl methyl sites for hydroxylation is 1. The summed E-state index contributed by atoms with van der Waals surface area (Å²) in [5, 5.41) is 2.01. The minimum absolute atomic E-state index is 0.145. The standard InChI is InChI=1S/C10H13NO2S/c1-8-6-9(14-7-8)10(12)11-2-4-13-5-3-11/h6-7H,2-5H2,1H3. The fourth-order valence-corrected chi connectivity index (χ4v) is 2.33. The van der Waals surface area contributed by atoms with Gasteiger partial charge < -0.3 is 9.64 Å². The molecule has 1 fully saturated rings. The van der Waals surface area contributed by atoms with Crippen molar-refractivity contribution in [3.63, 3.8) is 0 Å². The molecule has 1 aliphatic rings. The Kier molecular flexibility index (Phi) is 2.84. The minimum Gasteiger partial charge on any atom is -0.378 e. The molecule has 1 aromatic heterocycles. The average molecular weight is 211 g/mol. The smallest absolute Gasteiger partial charge is 0.264 e. The third-order valence-electron chi connectivity index (χ3n) is 2.24. The minimum atomic E-state index is 0.145. The molecule has 0 bridgehead atoms. The van der Waals surface area contributed by atoms with Crippen LogP contribution in [-0.4, -0.2) is 37.1 Å². The fraction of sp³-hybridized carbons (Fsp3) is 0.500. The maximum Gasteiger partial charge on any atom is 0.264 e. The number of nitrogens with zero attached hydrogens (tertiary/aromatic N) is 1. The molecule has 1 saturated heterocycles. The summed E-state index contributed by atoms with van der Waals surface area (Å²) in [7, 11) is 0. The summed E-state index contributed by atoms with van der Waals surface area (Å²) < 4.78 is 5.20. The maximum absolute atomic E-state index is 11.9. The first-order chi connectivity index (χ1) is 6.77. The van der Waals surface area contributed by atoms with Crippen molar-refractivity contribution >= 4 is 17.2 Å². The van der Waals surface area contributed by atoms with Crippen molar-refractivity contribution in [1.82, 2.24) is 4.90 Å². The van der Waals surface area contributed by atoms with E-state index in [0.29, 0.717) is 13.2 Å². The molecule has 0 atom stereocenters. The van der Waals surface area contributed by atoms with Gasteiger partial charge in [0, 0.05) is 13.1 Å². The van der Waals surface area contributed by atoms with Crippen molar-refractivity contribution in [2.75, 3.05) is 26.3 Å². The van der Waals surface area contributed by atoms with E-state index in [0.717, 1.165) is 23.5 Å². The second-order valence-electron chi connectivity index (χ2n) is 3.39. The number of hydrogen-bond donors (Lipinski definition) is 0. The van der Waals surface area contributed by atoms with Gasteiger partial charge in [0.15, 0.2) is 0 Å². The maximum atomic E-state index is 11.9. The molecule has 1 aliphatic heterocycles. The van der Waals surface area contributed by atoms with E-state index in [9.17, 15) is 4.79 Å². The summed E-state index contributed by atoms with van der Waals surface area (Å²) in [6.07, 6.45) is 0. The molecule has 2 heterocycles. The first kappa shape index (κ1) is 9.68. The zero-order chi connectivity index (χ0) is 9.97. The third kappa shape index (κ3) is 1.96. The first-order valence-electron chi connectivity index (χ1n) is 4.69. The first-order valence-corrected chi connectivity index (χ1v) is 5.57. The van der Waals surface area contributed by atoms with Gasteiger partial charge in [0.1, 0.15) is 0 Å². The second-order valence-corrected chi connectivity index (χ2v) is 4.30. The van der Waals surface area contributed by atoms with E-state index in [2.05, 4.69) is 0 Å². The molecule has 0 aromatic carbocycles. The summed E-state index contributed by atoms with van der Waals surface area (Å²) in [5.41, 5.74) is 1.16. The van der Waals surface area contributed by atoms with Gasteiger partial charge in [-0.05, 0) is 23.9 Å². The molecule has 76 valence electrons. The number of amides is 1. The van der Waals surface area contributed by atoms with Crippen molar-refractivity contribution in [1.29, 1.82) is 0 Å². The van der Waals surface area contributed by atoms with Crippen LogP contribution in [0.25, 0.3) is 0 Å². The molecule has 0 spiro atoms. The van der Waals surface area contributed by atoms with Gasteiger partial charge in [0.25, 0.3) is 5.91 Å². The molecule has 0 radical (unpaired) electrons. The molecular formula is C10H13NO2S. The molecule has 0 N–H and O–H groups in total. The molecule has 14 heavy (non-hydrogen) atoms. The lowest BCUT2D eigenvalue weighted by Crippen LogP contribution is -2.40. The number of thiophene rings is 1. The fourth-order valence-electron chi connectivity index (χ4n) is 1.47. The molecule has 4 heteroatoms. The largest absolute Gasteiger partial charge is 0.378 e. The lowest BCUT2D eigenvalue weighted by Gasteiger charge is -2.26. The average Bonchev–Trinajstić information content (AvgIpc) is 2.65. The number of carbonyl (C=O) groups excluding carboxylic acids is 1. The Balaban J connectivity index is 2.07. The molecule has 1 amide bonds.